The number of aryl methyl sites for hydroxylation is 2. The number of rotatable bonds is 8. The van der Waals surface area contributed by atoms with Crippen LogP contribution in [0.5, 0.6) is 0 Å². The van der Waals surface area contributed by atoms with Gasteiger partial charge >= 0.3 is 0 Å². The van der Waals surface area contributed by atoms with E-state index >= 15 is 0 Å². The number of para-hydroxylation sites is 1. The van der Waals surface area contributed by atoms with E-state index in [1.54, 1.807) is 0 Å². The van der Waals surface area contributed by atoms with Gasteiger partial charge in [-0.15, -0.1) is 0 Å². The van der Waals surface area contributed by atoms with Crippen molar-refractivity contribution in [3.8, 4) is 0 Å². The van der Waals surface area contributed by atoms with Crippen molar-refractivity contribution in [3.05, 3.63) is 135 Å². The molecule has 196 valence electrons. The minimum Gasteiger partial charge on any atom is -0.361 e. The molecule has 1 heterocycles. The molecule has 5 aromatic rings. The van der Waals surface area contributed by atoms with Gasteiger partial charge in [0.05, 0.1) is 5.92 Å². The van der Waals surface area contributed by atoms with E-state index in [-0.39, 0.29) is 11.8 Å². The average molecular weight is 628 g/mol. The number of halogens is 1. The number of anilines is 1. The van der Waals surface area contributed by atoms with Crippen molar-refractivity contribution in [1.82, 2.24) is 10.3 Å². The summed E-state index contributed by atoms with van der Waals surface area (Å²) in [5, 5.41) is 7.28. The number of nitrogens with one attached hydrogen (secondary N) is 3. The van der Waals surface area contributed by atoms with Gasteiger partial charge in [-0.25, -0.2) is 0 Å². The summed E-state index contributed by atoms with van der Waals surface area (Å²) in [6.07, 6.45) is 2.27. The lowest BCUT2D eigenvalue weighted by Crippen LogP contribution is -2.47. The molecule has 0 saturated carbocycles. The molecule has 0 radical (unpaired) electrons. The summed E-state index contributed by atoms with van der Waals surface area (Å²) in [4.78, 5) is 31.1. The van der Waals surface area contributed by atoms with Crippen LogP contribution in [0, 0.1) is 17.4 Å². The monoisotopic (exact) mass is 627 g/mol. The molecule has 6 heteroatoms. The van der Waals surface area contributed by atoms with Crippen molar-refractivity contribution < 1.29 is 9.59 Å². The zero-order valence-electron chi connectivity index (χ0n) is 21.9. The number of aromatic amines is 1. The Morgan fingerprint density at radius 1 is 0.795 bits per heavy atom. The molecule has 0 bridgehead atoms. The van der Waals surface area contributed by atoms with E-state index in [4.69, 9.17) is 0 Å². The minimum atomic E-state index is -0.787. The lowest BCUT2D eigenvalue weighted by Gasteiger charge is -2.24. The summed E-state index contributed by atoms with van der Waals surface area (Å²) in [7, 11) is 0. The zero-order valence-corrected chi connectivity index (χ0v) is 24.0. The van der Waals surface area contributed by atoms with Gasteiger partial charge in [0.2, 0.25) is 11.8 Å². The molecule has 1 aromatic heterocycles. The molecule has 2 amide bonds. The van der Waals surface area contributed by atoms with Gasteiger partial charge in [-0.3, -0.25) is 9.59 Å². The number of carbonyl (C=O) groups excluding carboxylic acids is 2. The Hall–Kier alpha value is -3.91. The largest absolute Gasteiger partial charge is 0.361 e. The second-order valence-corrected chi connectivity index (χ2v) is 11.0. The molecule has 0 saturated heterocycles. The van der Waals surface area contributed by atoms with Crippen LogP contribution >= 0.6 is 22.6 Å². The van der Waals surface area contributed by atoms with E-state index in [2.05, 4.69) is 38.2 Å². The van der Waals surface area contributed by atoms with Gasteiger partial charge in [0, 0.05) is 32.8 Å². The van der Waals surface area contributed by atoms with Crippen molar-refractivity contribution in [2.24, 2.45) is 0 Å². The number of hydrogen-bond donors (Lipinski definition) is 3. The van der Waals surface area contributed by atoms with Crippen molar-refractivity contribution >= 4 is 51.0 Å². The Morgan fingerprint density at radius 3 is 1.97 bits per heavy atom. The standard InChI is InChI=1S/C33H30IN3O2/c1-21-17-26(34)18-22(2)31(21)37-32(38)29(19-25-20-35-28-16-10-9-15-27(25)28)36-33(39)30(23-11-5-3-6-12-23)24-13-7-4-8-14-24/h3-18,20,29-30,35H,19H2,1-2H3,(H,36,39)(H,37,38)/t29-/m0/s1. The Morgan fingerprint density at radius 2 is 1.36 bits per heavy atom. The van der Waals surface area contributed by atoms with E-state index in [1.807, 2.05) is 117 Å². The van der Waals surface area contributed by atoms with E-state index in [1.165, 1.54) is 0 Å². The summed E-state index contributed by atoms with van der Waals surface area (Å²) in [6.45, 7) is 3.97. The fraction of sp³-hybridized carbons (Fsp3) is 0.152. The Labute approximate surface area is 242 Å². The summed E-state index contributed by atoms with van der Waals surface area (Å²) >= 11 is 2.28. The van der Waals surface area contributed by atoms with Crippen LogP contribution in [-0.4, -0.2) is 22.8 Å². The summed E-state index contributed by atoms with van der Waals surface area (Å²) in [5.74, 6) is -1.02. The van der Waals surface area contributed by atoms with Gasteiger partial charge in [0.15, 0.2) is 0 Å². The highest BCUT2D eigenvalue weighted by molar-refractivity contribution is 14.1. The maximum absolute atomic E-state index is 14.0. The van der Waals surface area contributed by atoms with Crippen LogP contribution in [0.25, 0.3) is 10.9 Å². The Kier molecular flexibility index (Phi) is 8.12. The third-order valence-electron chi connectivity index (χ3n) is 7.01. The molecule has 4 aromatic carbocycles. The maximum Gasteiger partial charge on any atom is 0.247 e. The number of benzene rings is 4. The summed E-state index contributed by atoms with van der Waals surface area (Å²) < 4.78 is 1.11. The topological polar surface area (TPSA) is 74.0 Å². The summed E-state index contributed by atoms with van der Waals surface area (Å²) in [5.41, 5.74) is 6.45. The highest BCUT2D eigenvalue weighted by Crippen LogP contribution is 2.27. The first-order valence-electron chi connectivity index (χ1n) is 12.9. The van der Waals surface area contributed by atoms with Gasteiger partial charge in [0.25, 0.3) is 0 Å². The third kappa shape index (κ3) is 6.06. The molecule has 5 nitrogen and oxygen atoms in total. The lowest BCUT2D eigenvalue weighted by molar-refractivity contribution is -0.126. The molecule has 0 aliphatic carbocycles. The fourth-order valence-electron chi connectivity index (χ4n) is 5.09. The van der Waals surface area contributed by atoms with E-state index in [0.29, 0.717) is 6.42 Å². The highest BCUT2D eigenvalue weighted by Gasteiger charge is 2.29. The van der Waals surface area contributed by atoms with Crippen LogP contribution in [0.4, 0.5) is 5.69 Å². The van der Waals surface area contributed by atoms with Crippen LogP contribution in [0.15, 0.2) is 103 Å². The molecule has 0 aliphatic heterocycles. The van der Waals surface area contributed by atoms with Gasteiger partial charge in [0.1, 0.15) is 6.04 Å². The van der Waals surface area contributed by atoms with Gasteiger partial charge in [-0.05, 0) is 82.5 Å². The Bertz CT molecular complexity index is 1550. The number of aromatic nitrogens is 1. The molecule has 39 heavy (non-hydrogen) atoms. The molecule has 1 atom stereocenters. The van der Waals surface area contributed by atoms with Crippen molar-refractivity contribution in [1.29, 1.82) is 0 Å². The van der Waals surface area contributed by atoms with Gasteiger partial charge in [-0.1, -0.05) is 78.9 Å². The highest BCUT2D eigenvalue weighted by atomic mass is 127. The van der Waals surface area contributed by atoms with Crippen LogP contribution in [0.1, 0.15) is 33.7 Å². The average Bonchev–Trinajstić information content (AvgIpc) is 3.34. The van der Waals surface area contributed by atoms with Crippen LogP contribution in [-0.2, 0) is 16.0 Å². The predicted octanol–water partition coefficient (Wildman–Crippen LogP) is 6.89. The molecule has 0 aliphatic rings. The van der Waals surface area contributed by atoms with E-state index in [0.717, 1.165) is 48.0 Å². The first-order chi connectivity index (χ1) is 18.9. The second-order valence-electron chi connectivity index (χ2n) is 9.78. The normalized spacial score (nSPS) is 11.9. The van der Waals surface area contributed by atoms with E-state index < -0.39 is 12.0 Å². The quantitative estimate of drug-likeness (QED) is 0.164. The molecule has 0 spiro atoms. The first-order valence-corrected chi connectivity index (χ1v) is 14.0. The number of fused-ring (bicyclic) bond motifs is 1. The molecular weight excluding hydrogens is 597 g/mol. The lowest BCUT2D eigenvalue weighted by atomic mass is 9.90. The number of H-pyrrole nitrogens is 1. The SMILES string of the molecule is Cc1cc(I)cc(C)c1NC(=O)[C@H](Cc1c[nH]c2ccccc12)NC(=O)C(c1ccccc1)c1ccccc1. The first kappa shape index (κ1) is 26.7. The molecule has 0 unspecified atom stereocenters. The van der Waals surface area contributed by atoms with Crippen molar-refractivity contribution in [3.63, 3.8) is 0 Å². The fourth-order valence-corrected chi connectivity index (χ4v) is 6.02. The summed E-state index contributed by atoms with van der Waals surface area (Å²) in [6, 6.07) is 30.6. The van der Waals surface area contributed by atoms with Crippen LogP contribution in [0.2, 0.25) is 0 Å². The van der Waals surface area contributed by atoms with E-state index in [9.17, 15) is 9.59 Å². The van der Waals surface area contributed by atoms with Crippen molar-refractivity contribution in [2.75, 3.05) is 5.32 Å². The molecule has 0 fully saturated rings. The molecule has 5 rings (SSSR count). The molecular formula is C33H30IN3O2. The number of carbonyl (C=O) groups is 2. The Balaban J connectivity index is 1.49. The van der Waals surface area contributed by atoms with Crippen LogP contribution in [0.3, 0.4) is 0 Å². The van der Waals surface area contributed by atoms with Crippen LogP contribution < -0.4 is 10.6 Å². The number of amides is 2. The molecule has 3 N–H and O–H groups in total. The van der Waals surface area contributed by atoms with Gasteiger partial charge < -0.3 is 15.6 Å². The second kappa shape index (κ2) is 11.9. The van der Waals surface area contributed by atoms with Gasteiger partial charge in [-0.2, -0.15) is 0 Å². The smallest absolute Gasteiger partial charge is 0.247 e. The maximum atomic E-state index is 14.0. The number of hydrogen-bond acceptors (Lipinski definition) is 2. The minimum absolute atomic E-state index is 0.219. The predicted molar refractivity (Wildman–Crippen MR) is 166 cm³/mol. The van der Waals surface area contributed by atoms with Crippen molar-refractivity contribution in [2.45, 2.75) is 32.2 Å². The zero-order chi connectivity index (χ0) is 27.4. The third-order valence-corrected chi connectivity index (χ3v) is 7.63.